The lowest BCUT2D eigenvalue weighted by molar-refractivity contribution is -0.162. The van der Waals surface area contributed by atoms with E-state index in [-0.39, 0.29) is 54.1 Å². The van der Waals surface area contributed by atoms with Gasteiger partial charge in [-0.15, -0.1) is 13.2 Å². The second-order valence-corrected chi connectivity index (χ2v) is 17.5. The maximum Gasteiger partial charge on any atom is 0.313 e. The van der Waals surface area contributed by atoms with Crippen LogP contribution in [0, 0.1) is 23.2 Å². The molecule has 10 nitrogen and oxygen atoms in total. The van der Waals surface area contributed by atoms with E-state index in [0.29, 0.717) is 31.2 Å². The predicted molar refractivity (Wildman–Crippen MR) is 201 cm³/mol. The van der Waals surface area contributed by atoms with Crippen LogP contribution < -0.4 is 5.32 Å². The monoisotopic (exact) mass is 771 g/mol. The Kier molecular flexibility index (Phi) is 13.0. The molecule has 3 heterocycles. The fourth-order valence-electron chi connectivity index (χ4n) is 8.74. The summed E-state index contributed by atoms with van der Waals surface area (Å²) in [5, 5.41) is 13.7. The number of alkyl halides is 1. The van der Waals surface area contributed by atoms with E-state index in [9.17, 15) is 19.5 Å². The molecule has 9 atom stereocenters. The summed E-state index contributed by atoms with van der Waals surface area (Å²) in [6.45, 7) is 21.9. The van der Waals surface area contributed by atoms with Gasteiger partial charge in [0.2, 0.25) is 17.7 Å². The number of fused-ring (bicyclic) bond motifs is 1. The molecule has 0 saturated carbocycles. The molecule has 0 radical (unpaired) electrons. The standard InChI is InChI=1S/C40H58BrN3O7/c1-10-13-19-30(46)42-22-29(26-17-15-14-16-18-26)50-37(49)31-32-35(47)44(28(23-45)25(4)12-3)34(40(32)21-27(41)33(31)51-40)36(48)43(20-11-2)39(8,9)24-38(5,6)7/h10-11,14-18,25,27-29,31-34,45H,1-2,12-13,19-24H2,3-9H3,(H,42,46)/t25-,27?,28-,29+,31-,32+,33-,34-,40+/m0/s1. The van der Waals surface area contributed by atoms with Crippen molar-refractivity contribution in [1.82, 2.24) is 15.1 Å². The minimum Gasteiger partial charge on any atom is -0.455 e. The van der Waals surface area contributed by atoms with E-state index in [1.807, 2.05) is 58.0 Å². The number of allylic oxidation sites excluding steroid dienone is 1. The summed E-state index contributed by atoms with van der Waals surface area (Å²) in [6.07, 6.45) is 4.24. The Labute approximate surface area is 312 Å². The van der Waals surface area contributed by atoms with E-state index in [2.05, 4.69) is 55.2 Å². The predicted octanol–water partition coefficient (Wildman–Crippen LogP) is 5.74. The number of likely N-dealkylation sites (tertiary alicyclic amines) is 1. The molecule has 1 unspecified atom stereocenters. The normalized spacial score (nSPS) is 27.4. The van der Waals surface area contributed by atoms with Gasteiger partial charge in [0.25, 0.3) is 0 Å². The maximum atomic E-state index is 15.2. The van der Waals surface area contributed by atoms with E-state index < -0.39 is 59.1 Å². The zero-order chi connectivity index (χ0) is 37.9. The Balaban J connectivity index is 1.77. The average Bonchev–Trinajstić information content (AvgIpc) is 3.66. The van der Waals surface area contributed by atoms with Crippen LogP contribution in [-0.2, 0) is 28.7 Å². The summed E-state index contributed by atoms with van der Waals surface area (Å²) in [7, 11) is 0. The van der Waals surface area contributed by atoms with Crippen molar-refractivity contribution in [3.8, 4) is 0 Å². The fraction of sp³-hybridized carbons (Fsp3) is 0.650. The second kappa shape index (κ2) is 16.3. The zero-order valence-electron chi connectivity index (χ0n) is 31.4. The molecule has 2 N–H and O–H groups in total. The summed E-state index contributed by atoms with van der Waals surface area (Å²) in [6, 6.07) is 7.39. The van der Waals surface area contributed by atoms with Crippen LogP contribution in [0.25, 0.3) is 0 Å². The minimum absolute atomic E-state index is 0.0404. The highest BCUT2D eigenvalue weighted by Gasteiger charge is 2.78. The molecule has 3 amide bonds. The molecule has 51 heavy (non-hydrogen) atoms. The van der Waals surface area contributed by atoms with E-state index >= 15 is 4.79 Å². The Morgan fingerprint density at radius 3 is 2.41 bits per heavy atom. The van der Waals surface area contributed by atoms with Gasteiger partial charge >= 0.3 is 5.97 Å². The number of amides is 3. The van der Waals surface area contributed by atoms with Gasteiger partial charge in [-0.2, -0.15) is 0 Å². The number of halogens is 1. The number of rotatable bonds is 17. The fourth-order valence-corrected chi connectivity index (χ4v) is 9.68. The van der Waals surface area contributed by atoms with Crippen LogP contribution >= 0.6 is 15.9 Å². The lowest BCUT2D eigenvalue weighted by atomic mass is 9.70. The summed E-state index contributed by atoms with van der Waals surface area (Å²) >= 11 is 3.76. The van der Waals surface area contributed by atoms with Gasteiger partial charge in [0.1, 0.15) is 17.7 Å². The number of carbonyl (C=O) groups excluding carboxylic acids is 4. The number of carbonyl (C=O) groups is 4. The Bertz CT molecular complexity index is 1440. The van der Waals surface area contributed by atoms with Gasteiger partial charge in [-0.25, -0.2) is 0 Å². The lowest BCUT2D eigenvalue weighted by Gasteiger charge is -2.47. The molecule has 1 spiro atoms. The smallest absolute Gasteiger partial charge is 0.313 e. The Morgan fingerprint density at radius 1 is 1.18 bits per heavy atom. The number of nitrogens with one attached hydrogen (secondary N) is 1. The average molecular weight is 773 g/mol. The van der Waals surface area contributed by atoms with Gasteiger partial charge in [0, 0.05) is 23.3 Å². The molecule has 3 saturated heterocycles. The highest BCUT2D eigenvalue weighted by molar-refractivity contribution is 9.09. The molecule has 3 aliphatic rings. The molecule has 3 fully saturated rings. The third-order valence-corrected chi connectivity index (χ3v) is 11.7. The molecule has 11 heteroatoms. The van der Waals surface area contributed by atoms with Crippen molar-refractivity contribution >= 4 is 39.6 Å². The topological polar surface area (TPSA) is 125 Å². The van der Waals surface area contributed by atoms with E-state index in [0.717, 1.165) is 0 Å². The third-order valence-electron chi connectivity index (χ3n) is 10.8. The van der Waals surface area contributed by atoms with Crippen LogP contribution in [0.15, 0.2) is 55.6 Å². The first kappa shape index (κ1) is 40.7. The van der Waals surface area contributed by atoms with Gasteiger partial charge in [0.15, 0.2) is 0 Å². The van der Waals surface area contributed by atoms with Crippen LogP contribution in [0.5, 0.6) is 0 Å². The summed E-state index contributed by atoms with van der Waals surface area (Å²) in [5.74, 6) is -3.69. The van der Waals surface area contributed by atoms with Crippen LogP contribution in [0.4, 0.5) is 0 Å². The third kappa shape index (κ3) is 8.31. The first-order chi connectivity index (χ1) is 24.0. The largest absolute Gasteiger partial charge is 0.455 e. The minimum atomic E-state index is -1.34. The van der Waals surface area contributed by atoms with Crippen molar-refractivity contribution in [2.24, 2.45) is 23.2 Å². The maximum absolute atomic E-state index is 15.2. The van der Waals surface area contributed by atoms with E-state index in [4.69, 9.17) is 9.47 Å². The van der Waals surface area contributed by atoms with Gasteiger partial charge in [-0.3, -0.25) is 19.2 Å². The van der Waals surface area contributed by atoms with Gasteiger partial charge in [0.05, 0.1) is 37.1 Å². The van der Waals surface area contributed by atoms with E-state index in [1.54, 1.807) is 22.0 Å². The number of aliphatic hydroxyl groups excluding tert-OH is 1. The van der Waals surface area contributed by atoms with Crippen molar-refractivity contribution in [3.63, 3.8) is 0 Å². The molecule has 1 aromatic carbocycles. The number of ether oxygens (including phenoxy) is 2. The van der Waals surface area contributed by atoms with Crippen LogP contribution in [0.2, 0.25) is 0 Å². The number of nitrogens with zero attached hydrogens (tertiary/aromatic N) is 2. The van der Waals surface area contributed by atoms with Gasteiger partial charge < -0.3 is 29.7 Å². The van der Waals surface area contributed by atoms with Crippen molar-refractivity contribution in [2.45, 2.75) is 121 Å². The molecular weight excluding hydrogens is 714 g/mol. The quantitative estimate of drug-likeness (QED) is 0.118. The molecule has 3 aliphatic heterocycles. The molecule has 282 valence electrons. The van der Waals surface area contributed by atoms with Crippen molar-refractivity contribution in [1.29, 1.82) is 0 Å². The van der Waals surface area contributed by atoms with Crippen LogP contribution in [0.3, 0.4) is 0 Å². The Hall–Kier alpha value is -3.02. The Morgan fingerprint density at radius 2 is 1.84 bits per heavy atom. The number of hydrogen-bond donors (Lipinski definition) is 2. The summed E-state index contributed by atoms with van der Waals surface area (Å²) in [5.41, 5.74) is -1.39. The number of benzene rings is 1. The number of aliphatic hydroxyl groups is 1. The van der Waals surface area contributed by atoms with E-state index in [1.165, 1.54) is 0 Å². The molecule has 4 rings (SSSR count). The SMILES string of the molecule is C=CCCC(=O)NC[C@@H](OC(=O)[C@@H]1[C@H]2O[C@@]3(CC2Br)[C@H](C(=O)N(CC=C)C(C)(C)CC(C)(C)C)N([C@@H](CO)[C@@H](C)CC)C(=O)[C@@H]13)c1ccccc1. The molecule has 0 aromatic heterocycles. The number of hydrogen-bond acceptors (Lipinski definition) is 7. The van der Waals surface area contributed by atoms with Gasteiger partial charge in [-0.1, -0.05) is 99.5 Å². The molecule has 2 bridgehead atoms. The van der Waals surface area contributed by atoms with Crippen molar-refractivity contribution < 1.29 is 33.8 Å². The van der Waals surface area contributed by atoms with Crippen molar-refractivity contribution in [3.05, 3.63) is 61.2 Å². The molecular formula is C40H58BrN3O7. The first-order valence-corrected chi connectivity index (χ1v) is 19.2. The highest BCUT2D eigenvalue weighted by Crippen LogP contribution is 2.61. The van der Waals surface area contributed by atoms with Crippen LogP contribution in [-0.4, -0.2) is 92.4 Å². The summed E-state index contributed by atoms with van der Waals surface area (Å²) < 4.78 is 13.0. The second-order valence-electron chi connectivity index (χ2n) is 16.3. The summed E-state index contributed by atoms with van der Waals surface area (Å²) in [4.78, 5) is 60.1. The highest BCUT2D eigenvalue weighted by atomic mass is 79.9. The number of esters is 1. The zero-order valence-corrected chi connectivity index (χ0v) is 33.0. The van der Waals surface area contributed by atoms with Crippen LogP contribution in [0.1, 0.15) is 92.2 Å². The first-order valence-electron chi connectivity index (χ1n) is 18.3. The molecule has 0 aliphatic carbocycles. The molecule has 1 aromatic rings. The van der Waals surface area contributed by atoms with Crippen molar-refractivity contribution in [2.75, 3.05) is 19.7 Å². The lowest BCUT2D eigenvalue weighted by Crippen LogP contribution is -2.63. The van der Waals surface area contributed by atoms with Gasteiger partial charge in [-0.05, 0) is 50.0 Å².